The molecule has 0 aromatic heterocycles. The average molecular weight is 588 g/mol. The first-order chi connectivity index (χ1) is 11.5. The van der Waals surface area contributed by atoms with Gasteiger partial charge in [-0.3, -0.25) is 4.79 Å². The Labute approximate surface area is 180 Å². The second-order valence-corrected chi connectivity index (χ2v) is 5.18. The number of nitrogens with one attached hydrogen (secondary N) is 2. The van der Waals surface area contributed by atoms with Gasteiger partial charge < -0.3 is 11.1 Å². The number of benzene rings is 2. The Hall–Kier alpha value is -1.27. The van der Waals surface area contributed by atoms with E-state index in [-0.39, 0.29) is 66.9 Å². The van der Waals surface area contributed by atoms with Crippen molar-refractivity contribution >= 4 is 11.6 Å². The Morgan fingerprint density at radius 2 is 1.46 bits per heavy atom. The number of halogens is 6. The van der Waals surface area contributed by atoms with Gasteiger partial charge in [0.15, 0.2) is 0 Å². The molecule has 0 aliphatic rings. The van der Waals surface area contributed by atoms with E-state index in [9.17, 15) is 31.1 Å². The van der Waals surface area contributed by atoms with Crippen LogP contribution in [0.2, 0.25) is 0 Å². The Morgan fingerprint density at radius 3 is 1.92 bits per heavy atom. The predicted octanol–water partition coefficient (Wildman–Crippen LogP) is 5.34. The summed E-state index contributed by atoms with van der Waals surface area (Å²) in [5, 5.41) is 2.24. The quantitative estimate of drug-likeness (QED) is 0.484. The maximum Gasteiger partial charge on any atom is 0.416 e. The summed E-state index contributed by atoms with van der Waals surface area (Å²) in [4.78, 5) is 11.9. The van der Waals surface area contributed by atoms with Crippen LogP contribution in [0.15, 0.2) is 42.5 Å². The molecule has 10 heteroatoms. The van der Waals surface area contributed by atoms with Gasteiger partial charge >= 0.3 is 12.4 Å². The Kier molecular flexibility index (Phi) is 7.54. The van der Waals surface area contributed by atoms with Crippen LogP contribution in [0.25, 0.3) is 5.73 Å². The van der Waals surface area contributed by atoms with Gasteiger partial charge in [-0.25, -0.2) is 0 Å². The first-order valence-corrected chi connectivity index (χ1v) is 6.85. The molecule has 1 radical (unpaired) electrons. The maximum atomic E-state index is 12.8. The number of alkyl halides is 6. The van der Waals surface area contributed by atoms with Crippen molar-refractivity contribution in [3.8, 4) is 0 Å². The molecule has 137 valence electrons. The van der Waals surface area contributed by atoms with Crippen molar-refractivity contribution in [1.29, 1.82) is 0 Å². The first kappa shape index (κ1) is 22.8. The van der Waals surface area contributed by atoms with E-state index in [1.54, 1.807) is 0 Å². The van der Waals surface area contributed by atoms with Crippen molar-refractivity contribution in [3.05, 3.63) is 70.5 Å². The maximum absolute atomic E-state index is 12.8. The molecule has 2 aromatic carbocycles. The topological polar surface area (TPSA) is 52.9 Å². The van der Waals surface area contributed by atoms with Crippen molar-refractivity contribution in [3.63, 3.8) is 0 Å². The van der Waals surface area contributed by atoms with Crippen molar-refractivity contribution in [2.24, 2.45) is 0 Å². The van der Waals surface area contributed by atoms with Crippen LogP contribution in [0.4, 0.5) is 32.0 Å². The summed E-state index contributed by atoms with van der Waals surface area (Å²) in [6, 6.07) is 6.58. The molecule has 1 amide bonds. The Morgan fingerprint density at radius 1 is 0.923 bits per heavy atom. The molecule has 0 heterocycles. The molecule has 2 aromatic rings. The van der Waals surface area contributed by atoms with Gasteiger partial charge in [-0.15, -0.1) is 5.69 Å². The molecule has 0 unspecified atom stereocenters. The monoisotopic (exact) mass is 588 g/mol. The van der Waals surface area contributed by atoms with E-state index in [0.717, 1.165) is 0 Å². The van der Waals surface area contributed by atoms with Gasteiger partial charge in [0.05, 0.1) is 11.1 Å². The fraction of sp³-hybridized carbons (Fsp3) is 0.188. The summed E-state index contributed by atoms with van der Waals surface area (Å²) in [6.45, 7) is -0.520. The number of hydrogen-bond acceptors (Lipinski definition) is 1. The van der Waals surface area contributed by atoms with E-state index < -0.39 is 35.9 Å². The van der Waals surface area contributed by atoms with E-state index in [1.165, 1.54) is 24.3 Å². The van der Waals surface area contributed by atoms with Crippen molar-refractivity contribution in [1.82, 2.24) is 5.32 Å². The molecule has 0 aliphatic heterocycles. The second kappa shape index (κ2) is 8.61. The smallest absolute Gasteiger partial charge is 0.416 e. The molecule has 3 nitrogen and oxygen atoms in total. The van der Waals surface area contributed by atoms with Crippen molar-refractivity contribution < 1.29 is 75.2 Å². The largest absolute Gasteiger partial charge is 0.699 e. The van der Waals surface area contributed by atoms with E-state index in [1.807, 2.05) is 0 Å². The predicted molar refractivity (Wildman–Crippen MR) is 78.0 cm³/mol. The zero-order valence-corrected chi connectivity index (χ0v) is 17.7. The third-order valence-corrected chi connectivity index (χ3v) is 3.23. The number of amides is 1. The molecule has 0 bridgehead atoms. The van der Waals surface area contributed by atoms with Crippen LogP contribution in [0, 0.1) is 44.1 Å². The van der Waals surface area contributed by atoms with Crippen LogP contribution in [-0.2, 0) is 18.9 Å². The molecular weight excluding hydrogens is 577 g/mol. The summed E-state index contributed by atoms with van der Waals surface area (Å²) >= 11 is 0. The molecule has 26 heavy (non-hydrogen) atoms. The molecule has 2 N–H and O–H groups in total. The van der Waals surface area contributed by atoms with Crippen LogP contribution in [0.3, 0.4) is 0 Å². The van der Waals surface area contributed by atoms with E-state index >= 15 is 0 Å². The number of rotatable bonds is 3. The molecule has 0 atom stereocenters. The van der Waals surface area contributed by atoms with Gasteiger partial charge in [-0.05, 0) is 29.8 Å². The Bertz CT molecular complexity index is 757. The summed E-state index contributed by atoms with van der Waals surface area (Å²) < 4.78 is 76.6. The first-order valence-electron chi connectivity index (χ1n) is 6.85. The van der Waals surface area contributed by atoms with Gasteiger partial charge in [0.1, 0.15) is 0 Å². The zero-order valence-electron chi connectivity index (χ0n) is 13.0. The molecule has 2 rings (SSSR count). The van der Waals surface area contributed by atoms with Crippen LogP contribution < -0.4 is 5.32 Å². The van der Waals surface area contributed by atoms with Gasteiger partial charge in [0.25, 0.3) is 5.91 Å². The van der Waals surface area contributed by atoms with E-state index in [2.05, 4.69) is 5.32 Å². The fourth-order valence-electron chi connectivity index (χ4n) is 2.07. The number of carbonyl (C=O) groups is 1. The standard InChI is InChI=1S/C16H11F6N2O.Ac/c17-15(18,19)11-4-9(5-12(7-11)16(20,21)22)8-24-14(25)10-2-1-3-13(23)6-10;/h1-7,23H,8H2,(H,24,25);/q-1;. The van der Waals surface area contributed by atoms with Crippen molar-refractivity contribution in [2.45, 2.75) is 18.9 Å². The van der Waals surface area contributed by atoms with E-state index in [0.29, 0.717) is 12.1 Å². The van der Waals surface area contributed by atoms with Gasteiger partial charge in [-0.1, -0.05) is 18.2 Å². The third kappa shape index (κ3) is 6.16. The number of hydrogen-bond donors (Lipinski definition) is 1. The fourth-order valence-corrected chi connectivity index (χ4v) is 2.07. The normalized spacial score (nSPS) is 11.6. The number of carbonyl (C=O) groups excluding carboxylic acids is 1. The van der Waals surface area contributed by atoms with Gasteiger partial charge in [0.2, 0.25) is 0 Å². The SMILES string of the molecule is [Ac].[NH-]c1cccc(C(=O)NCc2cc(C(F)(F)F)cc(C(F)(F)F)c2)c1. The summed E-state index contributed by atoms with van der Waals surface area (Å²) in [7, 11) is 0. The molecule has 0 saturated heterocycles. The second-order valence-electron chi connectivity index (χ2n) is 5.18. The minimum absolute atomic E-state index is 0. The molecule has 0 aliphatic carbocycles. The minimum Gasteiger partial charge on any atom is -0.699 e. The average Bonchev–Trinajstić information content (AvgIpc) is 2.50. The Balaban J connectivity index is 0.00000338. The van der Waals surface area contributed by atoms with Gasteiger partial charge in [-0.2, -0.15) is 26.3 Å². The van der Waals surface area contributed by atoms with Crippen LogP contribution in [0.5, 0.6) is 0 Å². The zero-order chi connectivity index (χ0) is 18.8. The van der Waals surface area contributed by atoms with Crippen molar-refractivity contribution in [2.75, 3.05) is 0 Å². The minimum atomic E-state index is -4.94. The molecule has 0 saturated carbocycles. The third-order valence-electron chi connectivity index (χ3n) is 3.23. The van der Waals surface area contributed by atoms with Gasteiger partial charge in [0, 0.05) is 56.2 Å². The summed E-state index contributed by atoms with van der Waals surface area (Å²) in [5.41, 5.74) is 4.29. The van der Waals surface area contributed by atoms with Crippen LogP contribution in [-0.4, -0.2) is 5.91 Å². The molecule has 0 spiro atoms. The van der Waals surface area contributed by atoms with Crippen LogP contribution in [0.1, 0.15) is 27.0 Å². The summed E-state index contributed by atoms with van der Waals surface area (Å²) in [6.07, 6.45) is -9.89. The summed E-state index contributed by atoms with van der Waals surface area (Å²) in [5.74, 6) is -0.708. The van der Waals surface area contributed by atoms with E-state index in [4.69, 9.17) is 5.73 Å². The molecular formula is C16H11AcF6N2O-. The molecule has 0 fully saturated rings. The van der Waals surface area contributed by atoms with Crippen LogP contribution >= 0.6 is 0 Å².